The number of hydrogen-bond acceptors (Lipinski definition) is 4. The van der Waals surface area contributed by atoms with Crippen LogP contribution in [0, 0.1) is 6.92 Å². The van der Waals surface area contributed by atoms with Crippen LogP contribution in [0.5, 0.6) is 0 Å². The van der Waals surface area contributed by atoms with Crippen LogP contribution >= 0.6 is 0 Å². The Balaban J connectivity index is 1.55. The van der Waals surface area contributed by atoms with Crippen molar-refractivity contribution in [2.45, 2.75) is 51.1 Å². The number of rotatable bonds is 3. The molecule has 5 rings (SSSR count). The Bertz CT molecular complexity index is 991. The van der Waals surface area contributed by atoms with Crippen LogP contribution in [-0.4, -0.2) is 36.4 Å². The van der Waals surface area contributed by atoms with Crippen LogP contribution in [0.3, 0.4) is 0 Å². The van der Waals surface area contributed by atoms with Crippen molar-refractivity contribution in [2.75, 3.05) is 0 Å². The van der Waals surface area contributed by atoms with Crippen molar-refractivity contribution in [2.24, 2.45) is 0 Å². The summed E-state index contributed by atoms with van der Waals surface area (Å²) < 4.78 is 1.65. The van der Waals surface area contributed by atoms with Gasteiger partial charge in [0, 0.05) is 17.9 Å². The van der Waals surface area contributed by atoms with Gasteiger partial charge in [0.1, 0.15) is 0 Å². The molecule has 132 valence electrons. The number of hydrogen-bond donors (Lipinski definition) is 0. The summed E-state index contributed by atoms with van der Waals surface area (Å²) >= 11 is 0. The minimum atomic E-state index is -0.0703. The first-order valence-electron chi connectivity index (χ1n) is 9.31. The van der Waals surface area contributed by atoms with Gasteiger partial charge in [-0.25, -0.2) is 9.50 Å². The van der Waals surface area contributed by atoms with Crippen LogP contribution in [0.25, 0.3) is 5.78 Å². The average Bonchev–Trinajstić information content (AvgIpc) is 3.39. The Hall–Kier alpha value is -2.76. The topological polar surface area (TPSA) is 63.4 Å². The van der Waals surface area contributed by atoms with Gasteiger partial charge in [0.05, 0.1) is 6.04 Å². The average molecular weight is 347 g/mol. The van der Waals surface area contributed by atoms with E-state index in [-0.39, 0.29) is 17.8 Å². The highest BCUT2D eigenvalue weighted by Gasteiger charge is 2.41. The van der Waals surface area contributed by atoms with Crippen LogP contribution in [0.4, 0.5) is 0 Å². The van der Waals surface area contributed by atoms with Gasteiger partial charge in [-0.15, -0.1) is 5.10 Å². The highest BCUT2D eigenvalue weighted by atomic mass is 16.2. The summed E-state index contributed by atoms with van der Waals surface area (Å²) in [6.45, 7) is 1.94. The molecule has 1 fully saturated rings. The van der Waals surface area contributed by atoms with E-state index in [2.05, 4.69) is 39.3 Å². The molecular formula is C20H21N5O. The zero-order chi connectivity index (χ0) is 17.7. The third-order valence-corrected chi connectivity index (χ3v) is 5.47. The molecule has 0 radical (unpaired) electrons. The summed E-state index contributed by atoms with van der Waals surface area (Å²) in [5.41, 5.74) is 3.57. The standard InChI is InChI=1S/C20H21N5O/c1-13-11-12-21-20-22-18(23-25(13)20)19(26)24(15-9-10-15)17-8-4-6-14-5-2-3-7-16(14)17/h2-3,5,7,11-12,15,17H,4,6,8-10H2,1H3. The van der Waals surface area contributed by atoms with Gasteiger partial charge in [-0.05, 0) is 56.2 Å². The van der Waals surface area contributed by atoms with Gasteiger partial charge < -0.3 is 4.90 Å². The van der Waals surface area contributed by atoms with E-state index in [0.717, 1.165) is 37.8 Å². The molecule has 26 heavy (non-hydrogen) atoms. The Morgan fingerprint density at radius 3 is 2.85 bits per heavy atom. The molecule has 0 bridgehead atoms. The SMILES string of the molecule is Cc1ccnc2nc(C(=O)N(C3CC3)C3CCCc4ccccc43)nn12. The predicted octanol–water partition coefficient (Wildman–Crippen LogP) is 3.11. The van der Waals surface area contributed by atoms with Crippen molar-refractivity contribution in [3.63, 3.8) is 0 Å². The van der Waals surface area contributed by atoms with Gasteiger partial charge in [0.2, 0.25) is 5.82 Å². The minimum absolute atomic E-state index is 0.0703. The molecule has 1 amide bonds. The fraction of sp³-hybridized carbons (Fsp3) is 0.400. The van der Waals surface area contributed by atoms with Crippen LogP contribution in [0.1, 0.15) is 59.2 Å². The lowest BCUT2D eigenvalue weighted by atomic mass is 9.86. The summed E-state index contributed by atoms with van der Waals surface area (Å²) in [7, 11) is 0. The van der Waals surface area contributed by atoms with E-state index in [4.69, 9.17) is 0 Å². The maximum Gasteiger partial charge on any atom is 0.294 e. The third-order valence-electron chi connectivity index (χ3n) is 5.47. The molecule has 1 unspecified atom stereocenters. The second-order valence-corrected chi connectivity index (χ2v) is 7.28. The van der Waals surface area contributed by atoms with Crippen LogP contribution < -0.4 is 0 Å². The van der Waals surface area contributed by atoms with E-state index in [0.29, 0.717) is 11.8 Å². The molecule has 1 saturated carbocycles. The van der Waals surface area contributed by atoms with E-state index in [1.807, 2.05) is 17.9 Å². The molecule has 3 aromatic rings. The number of fused-ring (bicyclic) bond motifs is 2. The van der Waals surface area contributed by atoms with E-state index in [1.165, 1.54) is 11.1 Å². The van der Waals surface area contributed by atoms with Crippen molar-refractivity contribution in [1.29, 1.82) is 0 Å². The van der Waals surface area contributed by atoms with Crippen molar-refractivity contribution in [3.8, 4) is 0 Å². The molecule has 2 aliphatic rings. The number of amides is 1. The molecular weight excluding hydrogens is 326 g/mol. The maximum atomic E-state index is 13.4. The normalized spacial score (nSPS) is 19.3. The molecule has 1 atom stereocenters. The molecule has 6 heteroatoms. The maximum absolute atomic E-state index is 13.4. The van der Waals surface area contributed by atoms with E-state index in [1.54, 1.807) is 10.7 Å². The lowest BCUT2D eigenvalue weighted by Crippen LogP contribution is -2.39. The Morgan fingerprint density at radius 2 is 2.04 bits per heavy atom. The number of nitrogens with zero attached hydrogens (tertiary/aromatic N) is 5. The van der Waals surface area contributed by atoms with Crippen molar-refractivity contribution in [1.82, 2.24) is 24.5 Å². The lowest BCUT2D eigenvalue weighted by Gasteiger charge is -2.35. The lowest BCUT2D eigenvalue weighted by molar-refractivity contribution is 0.0625. The quantitative estimate of drug-likeness (QED) is 0.730. The van der Waals surface area contributed by atoms with Crippen LogP contribution in [-0.2, 0) is 6.42 Å². The fourth-order valence-electron chi connectivity index (χ4n) is 4.04. The van der Waals surface area contributed by atoms with Crippen molar-refractivity contribution < 1.29 is 4.79 Å². The summed E-state index contributed by atoms with van der Waals surface area (Å²) in [6.07, 6.45) is 7.03. The van der Waals surface area contributed by atoms with E-state index >= 15 is 0 Å². The summed E-state index contributed by atoms with van der Waals surface area (Å²) in [5.74, 6) is 0.661. The van der Waals surface area contributed by atoms with Gasteiger partial charge in [0.25, 0.3) is 11.7 Å². The smallest absolute Gasteiger partial charge is 0.294 e. The number of carbonyl (C=O) groups excluding carboxylic acids is 1. The summed E-state index contributed by atoms with van der Waals surface area (Å²) in [5, 5.41) is 4.45. The van der Waals surface area contributed by atoms with Gasteiger partial charge in [-0.3, -0.25) is 4.79 Å². The minimum Gasteiger partial charge on any atom is -0.326 e. The zero-order valence-electron chi connectivity index (χ0n) is 14.8. The van der Waals surface area contributed by atoms with Gasteiger partial charge in [-0.2, -0.15) is 4.98 Å². The fourth-order valence-corrected chi connectivity index (χ4v) is 4.04. The monoisotopic (exact) mass is 347 g/mol. The molecule has 1 aromatic carbocycles. The molecule has 0 spiro atoms. The second-order valence-electron chi connectivity index (χ2n) is 7.28. The van der Waals surface area contributed by atoms with Crippen LogP contribution in [0.15, 0.2) is 36.5 Å². The van der Waals surface area contributed by atoms with E-state index in [9.17, 15) is 4.79 Å². The first kappa shape index (κ1) is 15.5. The van der Waals surface area contributed by atoms with Crippen molar-refractivity contribution in [3.05, 3.63) is 59.2 Å². The largest absolute Gasteiger partial charge is 0.326 e. The third kappa shape index (κ3) is 2.48. The van der Waals surface area contributed by atoms with Gasteiger partial charge in [0.15, 0.2) is 0 Å². The highest BCUT2D eigenvalue weighted by molar-refractivity contribution is 5.91. The number of carbonyl (C=O) groups is 1. The Kier molecular flexibility index (Phi) is 3.51. The number of aryl methyl sites for hydroxylation is 2. The molecule has 0 saturated heterocycles. The first-order chi connectivity index (χ1) is 12.7. The summed E-state index contributed by atoms with van der Waals surface area (Å²) in [4.78, 5) is 24.1. The van der Waals surface area contributed by atoms with Crippen molar-refractivity contribution >= 4 is 11.7 Å². The molecule has 2 aromatic heterocycles. The molecule has 6 nitrogen and oxygen atoms in total. The predicted molar refractivity (Wildman–Crippen MR) is 96.8 cm³/mol. The van der Waals surface area contributed by atoms with Gasteiger partial charge in [-0.1, -0.05) is 24.3 Å². The molecule has 0 N–H and O–H groups in total. The second kappa shape index (κ2) is 5.90. The molecule has 2 aliphatic carbocycles. The molecule has 2 heterocycles. The number of aromatic nitrogens is 4. The van der Waals surface area contributed by atoms with Crippen LogP contribution in [0.2, 0.25) is 0 Å². The Morgan fingerprint density at radius 1 is 1.19 bits per heavy atom. The highest BCUT2D eigenvalue weighted by Crippen LogP contribution is 2.41. The van der Waals surface area contributed by atoms with Gasteiger partial charge >= 0.3 is 0 Å². The zero-order valence-corrected chi connectivity index (χ0v) is 14.8. The Labute approximate surface area is 151 Å². The summed E-state index contributed by atoms with van der Waals surface area (Å²) in [6, 6.07) is 10.8. The molecule has 0 aliphatic heterocycles. The van der Waals surface area contributed by atoms with E-state index < -0.39 is 0 Å². The number of benzene rings is 1. The first-order valence-corrected chi connectivity index (χ1v) is 9.31.